The first-order chi connectivity index (χ1) is 7.74. The van der Waals surface area contributed by atoms with Crippen molar-refractivity contribution in [3.63, 3.8) is 0 Å². The van der Waals surface area contributed by atoms with Gasteiger partial charge in [-0.15, -0.1) is 0 Å². The molecular weight excluding hydrogens is 204 g/mol. The molecule has 2 N–H and O–H groups in total. The molecule has 4 nitrogen and oxygen atoms in total. The first kappa shape index (κ1) is 11.4. The predicted octanol–water partition coefficient (Wildman–Crippen LogP) is 1.44. The van der Waals surface area contributed by atoms with Crippen LogP contribution in [-0.4, -0.2) is 24.8 Å². The van der Waals surface area contributed by atoms with Gasteiger partial charge in [0.25, 0.3) is 0 Å². The molecule has 88 valence electrons. The highest BCUT2D eigenvalue weighted by atomic mass is 16.5. The number of pyridine rings is 1. The Kier molecular flexibility index (Phi) is 3.41. The maximum Gasteiger partial charge on any atom is 0.137 e. The Hall–Kier alpha value is -1.13. The van der Waals surface area contributed by atoms with E-state index in [0.29, 0.717) is 6.61 Å². The van der Waals surface area contributed by atoms with E-state index in [9.17, 15) is 0 Å². The summed E-state index contributed by atoms with van der Waals surface area (Å²) in [4.78, 5) is 4.18. The van der Waals surface area contributed by atoms with Crippen LogP contribution in [0.4, 0.5) is 0 Å². The molecule has 16 heavy (non-hydrogen) atoms. The molecule has 1 aromatic heterocycles. The molecule has 0 saturated carbocycles. The Morgan fingerprint density at radius 1 is 1.44 bits per heavy atom. The van der Waals surface area contributed by atoms with Gasteiger partial charge in [-0.05, 0) is 31.4 Å². The molecule has 0 aliphatic carbocycles. The average molecular weight is 222 g/mol. The van der Waals surface area contributed by atoms with Crippen LogP contribution in [0.2, 0.25) is 0 Å². The summed E-state index contributed by atoms with van der Waals surface area (Å²) in [5.74, 6) is 0.788. The SMILES string of the molecule is CCOc1cncc(C2(N)CCOCC2)c1. The lowest BCUT2D eigenvalue weighted by atomic mass is 9.85. The molecule has 1 aromatic rings. The minimum Gasteiger partial charge on any atom is -0.492 e. The number of nitrogens with two attached hydrogens (primary N) is 1. The molecule has 1 aliphatic rings. The van der Waals surface area contributed by atoms with Crippen LogP contribution < -0.4 is 10.5 Å². The Morgan fingerprint density at radius 2 is 2.19 bits per heavy atom. The highest BCUT2D eigenvalue weighted by molar-refractivity contribution is 5.29. The molecule has 0 aromatic carbocycles. The molecule has 4 heteroatoms. The third-order valence-electron chi connectivity index (χ3n) is 2.98. The van der Waals surface area contributed by atoms with Crippen LogP contribution in [-0.2, 0) is 10.3 Å². The lowest BCUT2D eigenvalue weighted by molar-refractivity contribution is 0.0520. The molecular formula is C12H18N2O2. The summed E-state index contributed by atoms with van der Waals surface area (Å²) >= 11 is 0. The molecule has 2 heterocycles. The quantitative estimate of drug-likeness (QED) is 0.840. The van der Waals surface area contributed by atoms with Crippen LogP contribution in [0.25, 0.3) is 0 Å². The van der Waals surface area contributed by atoms with Gasteiger partial charge in [-0.25, -0.2) is 0 Å². The Labute approximate surface area is 95.8 Å². The van der Waals surface area contributed by atoms with Crippen molar-refractivity contribution < 1.29 is 9.47 Å². The summed E-state index contributed by atoms with van der Waals surface area (Å²) in [7, 11) is 0. The van der Waals surface area contributed by atoms with Crippen molar-refractivity contribution in [2.24, 2.45) is 5.73 Å². The zero-order valence-corrected chi connectivity index (χ0v) is 9.61. The summed E-state index contributed by atoms with van der Waals surface area (Å²) in [5, 5.41) is 0. The lowest BCUT2D eigenvalue weighted by Crippen LogP contribution is -2.42. The summed E-state index contributed by atoms with van der Waals surface area (Å²) in [6.45, 7) is 4.04. The van der Waals surface area contributed by atoms with E-state index in [1.165, 1.54) is 0 Å². The van der Waals surface area contributed by atoms with Crippen LogP contribution in [0.1, 0.15) is 25.3 Å². The number of rotatable bonds is 3. The van der Waals surface area contributed by atoms with Crippen molar-refractivity contribution in [2.45, 2.75) is 25.3 Å². The van der Waals surface area contributed by atoms with E-state index in [-0.39, 0.29) is 5.54 Å². The molecule has 1 fully saturated rings. The largest absolute Gasteiger partial charge is 0.492 e. The molecule has 0 spiro atoms. The van der Waals surface area contributed by atoms with Gasteiger partial charge in [0.2, 0.25) is 0 Å². The van der Waals surface area contributed by atoms with Crippen LogP contribution in [0.3, 0.4) is 0 Å². The average Bonchev–Trinajstić information content (AvgIpc) is 2.31. The maximum atomic E-state index is 6.37. The molecule has 0 atom stereocenters. The summed E-state index contributed by atoms with van der Waals surface area (Å²) in [6.07, 6.45) is 5.22. The van der Waals surface area contributed by atoms with Gasteiger partial charge in [0.15, 0.2) is 0 Å². The number of aromatic nitrogens is 1. The second-order valence-corrected chi connectivity index (χ2v) is 4.11. The van der Waals surface area contributed by atoms with Gasteiger partial charge in [0.05, 0.1) is 12.8 Å². The highest BCUT2D eigenvalue weighted by Gasteiger charge is 2.30. The second kappa shape index (κ2) is 4.80. The first-order valence-corrected chi connectivity index (χ1v) is 5.69. The van der Waals surface area contributed by atoms with E-state index >= 15 is 0 Å². The van der Waals surface area contributed by atoms with Crippen LogP contribution >= 0.6 is 0 Å². The molecule has 2 rings (SSSR count). The molecule has 0 unspecified atom stereocenters. The Morgan fingerprint density at radius 3 is 2.88 bits per heavy atom. The topological polar surface area (TPSA) is 57.4 Å². The molecule has 0 bridgehead atoms. The lowest BCUT2D eigenvalue weighted by Gasteiger charge is -2.33. The monoisotopic (exact) mass is 222 g/mol. The highest BCUT2D eigenvalue weighted by Crippen LogP contribution is 2.30. The van der Waals surface area contributed by atoms with E-state index in [4.69, 9.17) is 15.2 Å². The summed E-state index contributed by atoms with van der Waals surface area (Å²) in [5.41, 5.74) is 7.11. The van der Waals surface area contributed by atoms with Gasteiger partial charge in [0, 0.05) is 24.9 Å². The standard InChI is InChI=1S/C12H18N2O2/c1-2-16-11-7-10(8-14-9-11)12(13)3-5-15-6-4-12/h7-9H,2-6,13H2,1H3. The maximum absolute atomic E-state index is 6.37. The zero-order chi connectivity index (χ0) is 11.4. The minimum absolute atomic E-state index is 0.307. The fourth-order valence-corrected chi connectivity index (χ4v) is 1.96. The van der Waals surface area contributed by atoms with E-state index in [1.54, 1.807) is 6.20 Å². The third-order valence-corrected chi connectivity index (χ3v) is 2.98. The van der Waals surface area contributed by atoms with Gasteiger partial charge < -0.3 is 15.2 Å². The fourth-order valence-electron chi connectivity index (χ4n) is 1.96. The van der Waals surface area contributed by atoms with Crippen molar-refractivity contribution in [3.8, 4) is 5.75 Å². The van der Waals surface area contributed by atoms with Crippen molar-refractivity contribution in [1.82, 2.24) is 4.98 Å². The predicted molar refractivity (Wildman–Crippen MR) is 61.3 cm³/mol. The van der Waals surface area contributed by atoms with Gasteiger partial charge in [-0.3, -0.25) is 4.98 Å². The van der Waals surface area contributed by atoms with Gasteiger partial charge >= 0.3 is 0 Å². The van der Waals surface area contributed by atoms with Gasteiger partial charge in [0.1, 0.15) is 5.75 Å². The Bertz CT molecular complexity index is 349. The van der Waals surface area contributed by atoms with Crippen molar-refractivity contribution in [1.29, 1.82) is 0 Å². The van der Waals surface area contributed by atoms with E-state index in [2.05, 4.69) is 4.98 Å². The van der Waals surface area contributed by atoms with Crippen LogP contribution in [0.15, 0.2) is 18.5 Å². The van der Waals surface area contributed by atoms with E-state index in [0.717, 1.165) is 37.4 Å². The number of hydrogen-bond donors (Lipinski definition) is 1. The van der Waals surface area contributed by atoms with E-state index in [1.807, 2.05) is 19.2 Å². The minimum atomic E-state index is -0.307. The normalized spacial score (nSPS) is 19.4. The number of hydrogen-bond acceptors (Lipinski definition) is 4. The molecule has 1 aliphatic heterocycles. The number of nitrogens with zero attached hydrogens (tertiary/aromatic N) is 1. The van der Waals surface area contributed by atoms with Crippen molar-refractivity contribution >= 4 is 0 Å². The fraction of sp³-hybridized carbons (Fsp3) is 0.583. The number of ether oxygens (including phenoxy) is 2. The molecule has 0 amide bonds. The summed E-state index contributed by atoms with van der Waals surface area (Å²) in [6, 6.07) is 1.99. The summed E-state index contributed by atoms with van der Waals surface area (Å²) < 4.78 is 10.8. The smallest absolute Gasteiger partial charge is 0.137 e. The van der Waals surface area contributed by atoms with E-state index < -0.39 is 0 Å². The Balaban J connectivity index is 2.21. The van der Waals surface area contributed by atoms with Gasteiger partial charge in [-0.2, -0.15) is 0 Å². The van der Waals surface area contributed by atoms with Gasteiger partial charge in [-0.1, -0.05) is 0 Å². The van der Waals surface area contributed by atoms with Crippen LogP contribution in [0, 0.1) is 0 Å². The van der Waals surface area contributed by atoms with Crippen LogP contribution in [0.5, 0.6) is 5.75 Å². The molecule has 1 saturated heterocycles. The van der Waals surface area contributed by atoms with Crippen molar-refractivity contribution in [2.75, 3.05) is 19.8 Å². The first-order valence-electron chi connectivity index (χ1n) is 5.69. The zero-order valence-electron chi connectivity index (χ0n) is 9.61. The third kappa shape index (κ3) is 2.33. The molecule has 0 radical (unpaired) electrons. The second-order valence-electron chi connectivity index (χ2n) is 4.11. The van der Waals surface area contributed by atoms with Crippen molar-refractivity contribution in [3.05, 3.63) is 24.0 Å².